The first-order valence-corrected chi connectivity index (χ1v) is 7.93. The second kappa shape index (κ2) is 6.74. The number of aryl methyl sites for hydroxylation is 1. The molecule has 2 amide bonds. The van der Waals surface area contributed by atoms with Gasteiger partial charge in [0.05, 0.1) is 18.2 Å². The first-order chi connectivity index (χ1) is 11.5. The van der Waals surface area contributed by atoms with E-state index in [1.165, 1.54) is 5.56 Å². The first kappa shape index (κ1) is 16.1. The molecule has 124 valence electrons. The fourth-order valence-corrected chi connectivity index (χ4v) is 2.64. The SMILES string of the molecule is Cc1ccc(CC(=O)NC(C)c2ccc3c(c2)NC(=O)CO3)cc1. The van der Waals surface area contributed by atoms with Crippen LogP contribution in [0.25, 0.3) is 0 Å². The number of nitrogens with one attached hydrogen (secondary N) is 2. The zero-order chi connectivity index (χ0) is 17.1. The fourth-order valence-electron chi connectivity index (χ4n) is 2.64. The van der Waals surface area contributed by atoms with E-state index < -0.39 is 0 Å². The molecule has 0 saturated carbocycles. The summed E-state index contributed by atoms with van der Waals surface area (Å²) in [7, 11) is 0. The first-order valence-electron chi connectivity index (χ1n) is 7.93. The Labute approximate surface area is 141 Å². The summed E-state index contributed by atoms with van der Waals surface area (Å²) in [6.45, 7) is 3.97. The minimum atomic E-state index is -0.171. The molecule has 2 aromatic carbocycles. The Bertz CT molecular complexity index is 769. The second-order valence-electron chi connectivity index (χ2n) is 6.04. The number of carbonyl (C=O) groups excluding carboxylic acids is 2. The van der Waals surface area contributed by atoms with Crippen LogP contribution < -0.4 is 15.4 Å². The van der Waals surface area contributed by atoms with Crippen LogP contribution in [0.5, 0.6) is 5.75 Å². The van der Waals surface area contributed by atoms with Crippen molar-refractivity contribution >= 4 is 17.5 Å². The van der Waals surface area contributed by atoms with Gasteiger partial charge in [-0.1, -0.05) is 35.9 Å². The van der Waals surface area contributed by atoms with Gasteiger partial charge in [0.2, 0.25) is 5.91 Å². The molecule has 0 fully saturated rings. The van der Waals surface area contributed by atoms with E-state index in [1.54, 1.807) is 0 Å². The molecule has 1 aliphatic heterocycles. The Morgan fingerprint density at radius 1 is 1.25 bits per heavy atom. The van der Waals surface area contributed by atoms with Crippen LogP contribution in [0.3, 0.4) is 0 Å². The van der Waals surface area contributed by atoms with Crippen molar-refractivity contribution in [2.75, 3.05) is 11.9 Å². The van der Waals surface area contributed by atoms with Crippen LogP contribution >= 0.6 is 0 Å². The zero-order valence-electron chi connectivity index (χ0n) is 13.8. The molecule has 0 bridgehead atoms. The summed E-state index contributed by atoms with van der Waals surface area (Å²) in [5.74, 6) is 0.441. The van der Waals surface area contributed by atoms with Crippen molar-refractivity contribution in [1.29, 1.82) is 0 Å². The van der Waals surface area contributed by atoms with Crippen molar-refractivity contribution in [3.8, 4) is 5.75 Å². The number of benzene rings is 2. The summed E-state index contributed by atoms with van der Waals surface area (Å²) in [6, 6.07) is 13.3. The monoisotopic (exact) mass is 324 g/mol. The number of anilines is 1. The van der Waals surface area contributed by atoms with Gasteiger partial charge in [0.1, 0.15) is 5.75 Å². The van der Waals surface area contributed by atoms with E-state index in [0.29, 0.717) is 17.9 Å². The molecule has 3 rings (SSSR count). The summed E-state index contributed by atoms with van der Waals surface area (Å²) in [5, 5.41) is 5.76. The smallest absolute Gasteiger partial charge is 0.262 e. The van der Waals surface area contributed by atoms with Crippen molar-refractivity contribution < 1.29 is 14.3 Å². The molecule has 5 heteroatoms. The van der Waals surface area contributed by atoms with Crippen molar-refractivity contribution in [1.82, 2.24) is 5.32 Å². The maximum Gasteiger partial charge on any atom is 0.262 e. The van der Waals surface area contributed by atoms with Gasteiger partial charge in [-0.25, -0.2) is 0 Å². The number of amides is 2. The van der Waals surface area contributed by atoms with Gasteiger partial charge >= 0.3 is 0 Å². The Hall–Kier alpha value is -2.82. The highest BCUT2D eigenvalue weighted by molar-refractivity contribution is 5.95. The third-order valence-electron chi connectivity index (χ3n) is 4.00. The molecule has 24 heavy (non-hydrogen) atoms. The predicted octanol–water partition coefficient (Wildman–Crippen LogP) is 2.75. The van der Waals surface area contributed by atoms with E-state index in [4.69, 9.17) is 4.74 Å². The predicted molar refractivity (Wildman–Crippen MR) is 92.0 cm³/mol. The number of rotatable bonds is 4. The molecule has 2 aromatic rings. The van der Waals surface area contributed by atoms with Crippen molar-refractivity contribution in [2.24, 2.45) is 0 Å². The topological polar surface area (TPSA) is 67.4 Å². The van der Waals surface area contributed by atoms with Crippen LogP contribution in [0, 0.1) is 6.92 Å². The van der Waals surface area contributed by atoms with E-state index in [-0.39, 0.29) is 24.5 Å². The molecule has 0 aliphatic carbocycles. The van der Waals surface area contributed by atoms with Gasteiger partial charge in [-0.2, -0.15) is 0 Å². The number of ether oxygens (including phenoxy) is 1. The highest BCUT2D eigenvalue weighted by Gasteiger charge is 2.18. The van der Waals surface area contributed by atoms with Crippen LogP contribution in [0.15, 0.2) is 42.5 Å². The molecule has 1 aliphatic rings. The van der Waals surface area contributed by atoms with Gasteiger partial charge in [0.25, 0.3) is 5.91 Å². The third-order valence-corrected chi connectivity index (χ3v) is 4.00. The number of hydrogen-bond donors (Lipinski definition) is 2. The van der Waals surface area contributed by atoms with Crippen LogP contribution in [-0.4, -0.2) is 18.4 Å². The molecule has 1 atom stereocenters. The van der Waals surface area contributed by atoms with Crippen LogP contribution in [-0.2, 0) is 16.0 Å². The minimum Gasteiger partial charge on any atom is -0.482 e. The summed E-state index contributed by atoms with van der Waals surface area (Å²) < 4.78 is 5.34. The molecule has 0 spiro atoms. The largest absolute Gasteiger partial charge is 0.482 e. The average molecular weight is 324 g/mol. The van der Waals surface area contributed by atoms with Crippen molar-refractivity contribution in [3.63, 3.8) is 0 Å². The molecular weight excluding hydrogens is 304 g/mol. The summed E-state index contributed by atoms with van der Waals surface area (Å²) in [4.78, 5) is 23.6. The zero-order valence-corrected chi connectivity index (χ0v) is 13.8. The van der Waals surface area contributed by atoms with Gasteiger partial charge in [-0.3, -0.25) is 9.59 Å². The van der Waals surface area contributed by atoms with Crippen molar-refractivity contribution in [2.45, 2.75) is 26.3 Å². The highest BCUT2D eigenvalue weighted by atomic mass is 16.5. The van der Waals surface area contributed by atoms with Crippen molar-refractivity contribution in [3.05, 3.63) is 59.2 Å². The average Bonchev–Trinajstić information content (AvgIpc) is 2.56. The lowest BCUT2D eigenvalue weighted by molar-refractivity contribution is -0.121. The van der Waals surface area contributed by atoms with E-state index >= 15 is 0 Å². The van der Waals surface area contributed by atoms with Gasteiger partial charge < -0.3 is 15.4 Å². The van der Waals surface area contributed by atoms with Gasteiger partial charge in [0, 0.05) is 0 Å². The molecular formula is C19H20N2O3. The molecule has 1 unspecified atom stereocenters. The summed E-state index contributed by atoms with van der Waals surface area (Å²) in [5.41, 5.74) is 3.71. The lowest BCUT2D eigenvalue weighted by Gasteiger charge is -2.21. The van der Waals surface area contributed by atoms with E-state index in [0.717, 1.165) is 11.1 Å². The van der Waals surface area contributed by atoms with E-state index in [2.05, 4.69) is 10.6 Å². The Kier molecular flexibility index (Phi) is 4.51. The standard InChI is InChI=1S/C19H20N2O3/c1-12-3-5-14(6-4-12)9-18(22)20-13(2)15-7-8-17-16(10-15)21-19(23)11-24-17/h3-8,10,13H,9,11H2,1-2H3,(H,20,22)(H,21,23). The normalized spacial score (nSPS) is 14.2. The van der Waals surface area contributed by atoms with Crippen LogP contribution in [0.4, 0.5) is 5.69 Å². The van der Waals surface area contributed by atoms with E-state index in [1.807, 2.05) is 56.3 Å². The number of hydrogen-bond acceptors (Lipinski definition) is 3. The number of fused-ring (bicyclic) bond motifs is 1. The molecule has 5 nitrogen and oxygen atoms in total. The lowest BCUT2D eigenvalue weighted by Crippen LogP contribution is -2.29. The fraction of sp³-hybridized carbons (Fsp3) is 0.263. The van der Waals surface area contributed by atoms with Crippen LogP contribution in [0.1, 0.15) is 29.7 Å². The second-order valence-corrected chi connectivity index (χ2v) is 6.04. The van der Waals surface area contributed by atoms with Gasteiger partial charge in [0.15, 0.2) is 6.61 Å². The van der Waals surface area contributed by atoms with Crippen LogP contribution in [0.2, 0.25) is 0 Å². The van der Waals surface area contributed by atoms with Gasteiger partial charge in [-0.15, -0.1) is 0 Å². The Morgan fingerprint density at radius 3 is 2.75 bits per heavy atom. The quantitative estimate of drug-likeness (QED) is 0.909. The molecule has 0 aromatic heterocycles. The molecule has 0 radical (unpaired) electrons. The molecule has 1 heterocycles. The maximum absolute atomic E-state index is 12.2. The molecule has 0 saturated heterocycles. The highest BCUT2D eigenvalue weighted by Crippen LogP contribution is 2.30. The maximum atomic E-state index is 12.2. The minimum absolute atomic E-state index is 0.0369. The summed E-state index contributed by atoms with van der Waals surface area (Å²) in [6.07, 6.45) is 0.343. The van der Waals surface area contributed by atoms with E-state index in [9.17, 15) is 9.59 Å². The lowest BCUT2D eigenvalue weighted by atomic mass is 10.1. The Balaban J connectivity index is 1.65. The molecule has 2 N–H and O–H groups in total. The number of carbonyl (C=O) groups is 2. The Morgan fingerprint density at radius 2 is 2.00 bits per heavy atom. The van der Waals surface area contributed by atoms with Gasteiger partial charge in [-0.05, 0) is 37.1 Å². The summed E-state index contributed by atoms with van der Waals surface area (Å²) >= 11 is 0. The third kappa shape index (κ3) is 3.74.